The van der Waals surface area contributed by atoms with Crippen LogP contribution in [0.25, 0.3) is 0 Å². The summed E-state index contributed by atoms with van der Waals surface area (Å²) in [5, 5.41) is 3.48. The summed E-state index contributed by atoms with van der Waals surface area (Å²) in [5.74, 6) is -0.290. The molecule has 2 unspecified atom stereocenters. The Hall–Kier alpha value is -2.34. The molecule has 1 saturated heterocycles. The molecule has 0 spiro atoms. The number of hydrogen-bond donors (Lipinski definition) is 1. The number of halogens is 3. The third kappa shape index (κ3) is 3.09. The first kappa shape index (κ1) is 17.1. The van der Waals surface area contributed by atoms with E-state index in [2.05, 4.69) is 17.4 Å². The molecule has 0 aliphatic carbocycles. The van der Waals surface area contributed by atoms with E-state index in [1.165, 1.54) is 11.6 Å². The molecule has 2 aromatic carbocycles. The van der Waals surface area contributed by atoms with Crippen molar-refractivity contribution in [3.05, 3.63) is 70.8 Å². The highest BCUT2D eigenvalue weighted by Crippen LogP contribution is 2.34. The van der Waals surface area contributed by atoms with Gasteiger partial charge in [0.15, 0.2) is 0 Å². The van der Waals surface area contributed by atoms with Gasteiger partial charge in [-0.25, -0.2) is 0 Å². The summed E-state index contributed by atoms with van der Waals surface area (Å²) in [6.07, 6.45) is -3.08. The number of carbonyl (C=O) groups excluding carboxylic acids is 1. The number of benzene rings is 2. The van der Waals surface area contributed by atoms with E-state index in [-0.39, 0.29) is 23.6 Å². The lowest BCUT2D eigenvalue weighted by molar-refractivity contribution is -0.137. The molecule has 0 bridgehead atoms. The van der Waals surface area contributed by atoms with Crippen LogP contribution in [0.2, 0.25) is 0 Å². The minimum absolute atomic E-state index is 0.0410. The van der Waals surface area contributed by atoms with Gasteiger partial charge >= 0.3 is 6.18 Å². The molecule has 1 amide bonds. The second-order valence-corrected chi connectivity index (χ2v) is 6.89. The molecule has 6 heteroatoms. The number of nitrogens with one attached hydrogen (secondary N) is 1. The highest BCUT2D eigenvalue weighted by atomic mass is 19.4. The van der Waals surface area contributed by atoms with Gasteiger partial charge in [-0.1, -0.05) is 36.4 Å². The second-order valence-electron chi connectivity index (χ2n) is 6.89. The van der Waals surface area contributed by atoms with Crippen molar-refractivity contribution in [1.29, 1.82) is 0 Å². The predicted octanol–water partition coefficient (Wildman–Crippen LogP) is 3.29. The normalized spacial score (nSPS) is 22.7. The lowest BCUT2D eigenvalue weighted by atomic mass is 9.85. The highest BCUT2D eigenvalue weighted by Gasteiger charge is 2.40. The summed E-state index contributed by atoms with van der Waals surface area (Å²) in [6.45, 7) is 1.17. The smallest absolute Gasteiger partial charge is 0.332 e. The highest BCUT2D eigenvalue weighted by molar-refractivity contribution is 5.97. The van der Waals surface area contributed by atoms with Crippen molar-refractivity contribution in [3.8, 4) is 0 Å². The molecule has 2 aromatic rings. The first-order chi connectivity index (χ1) is 12.4. The average Bonchev–Trinajstić information content (AvgIpc) is 2.62. The van der Waals surface area contributed by atoms with Crippen LogP contribution < -0.4 is 5.32 Å². The standard InChI is InChI=1S/C20H19F3N2O/c21-20(22,23)15-7-6-14-11-18-17(10-13-4-2-1-3-5-13)24-8-9-25(18)19(26)16(14)12-15/h1-7,12,17-18,24H,8-11H2. The zero-order valence-electron chi connectivity index (χ0n) is 14.1. The second kappa shape index (κ2) is 6.43. The minimum atomic E-state index is -4.44. The molecule has 0 aromatic heterocycles. The molecule has 1 N–H and O–H groups in total. The van der Waals surface area contributed by atoms with E-state index in [1.54, 1.807) is 4.90 Å². The number of fused-ring (bicyclic) bond motifs is 2. The molecular formula is C20H19F3N2O. The van der Waals surface area contributed by atoms with Gasteiger partial charge in [-0.2, -0.15) is 13.2 Å². The largest absolute Gasteiger partial charge is 0.416 e. The fraction of sp³-hybridized carbons (Fsp3) is 0.350. The van der Waals surface area contributed by atoms with Gasteiger partial charge < -0.3 is 10.2 Å². The molecule has 1 fully saturated rings. The van der Waals surface area contributed by atoms with Crippen molar-refractivity contribution >= 4 is 5.91 Å². The van der Waals surface area contributed by atoms with E-state index in [0.717, 1.165) is 18.6 Å². The number of hydrogen-bond acceptors (Lipinski definition) is 2. The van der Waals surface area contributed by atoms with Crippen LogP contribution in [0.5, 0.6) is 0 Å². The summed E-state index contributed by atoms with van der Waals surface area (Å²) in [4.78, 5) is 14.6. The van der Waals surface area contributed by atoms with Crippen molar-refractivity contribution in [2.45, 2.75) is 31.1 Å². The Bertz CT molecular complexity index is 820. The Labute approximate surface area is 149 Å². The quantitative estimate of drug-likeness (QED) is 0.891. The van der Waals surface area contributed by atoms with Crippen LogP contribution in [-0.4, -0.2) is 36.0 Å². The van der Waals surface area contributed by atoms with Crippen LogP contribution in [0.1, 0.15) is 27.0 Å². The molecular weight excluding hydrogens is 341 g/mol. The molecule has 2 atom stereocenters. The Balaban J connectivity index is 1.63. The Morgan fingerprint density at radius 1 is 1.12 bits per heavy atom. The first-order valence-corrected chi connectivity index (χ1v) is 8.72. The SMILES string of the molecule is O=C1c2cc(C(F)(F)F)ccc2CC2C(Cc3ccccc3)NCCN12. The van der Waals surface area contributed by atoms with E-state index in [0.29, 0.717) is 25.1 Å². The molecule has 0 radical (unpaired) electrons. The van der Waals surface area contributed by atoms with Gasteiger partial charge in [0, 0.05) is 24.7 Å². The number of rotatable bonds is 2. The molecule has 26 heavy (non-hydrogen) atoms. The Morgan fingerprint density at radius 2 is 1.88 bits per heavy atom. The lowest BCUT2D eigenvalue weighted by Gasteiger charge is -2.45. The van der Waals surface area contributed by atoms with Gasteiger partial charge in [0.2, 0.25) is 0 Å². The van der Waals surface area contributed by atoms with Crippen molar-refractivity contribution in [1.82, 2.24) is 10.2 Å². The van der Waals surface area contributed by atoms with E-state index in [1.807, 2.05) is 18.2 Å². The summed E-state index contributed by atoms with van der Waals surface area (Å²) >= 11 is 0. The number of nitrogens with zero attached hydrogens (tertiary/aromatic N) is 1. The minimum Gasteiger partial charge on any atom is -0.332 e. The summed E-state index contributed by atoms with van der Waals surface area (Å²) in [5.41, 5.74) is 1.30. The molecule has 2 heterocycles. The fourth-order valence-corrected chi connectivity index (χ4v) is 3.98. The molecule has 136 valence electrons. The summed E-state index contributed by atoms with van der Waals surface area (Å²) < 4.78 is 39.0. The van der Waals surface area contributed by atoms with Gasteiger partial charge in [0.25, 0.3) is 5.91 Å². The van der Waals surface area contributed by atoms with Crippen LogP contribution in [0.4, 0.5) is 13.2 Å². The maximum atomic E-state index is 13.0. The van der Waals surface area contributed by atoms with Crippen molar-refractivity contribution in [3.63, 3.8) is 0 Å². The number of carbonyl (C=O) groups is 1. The van der Waals surface area contributed by atoms with Crippen molar-refractivity contribution in [2.75, 3.05) is 13.1 Å². The van der Waals surface area contributed by atoms with Gasteiger partial charge in [-0.15, -0.1) is 0 Å². The third-order valence-electron chi connectivity index (χ3n) is 5.28. The van der Waals surface area contributed by atoms with Gasteiger partial charge in [-0.3, -0.25) is 4.79 Å². The Morgan fingerprint density at radius 3 is 2.62 bits per heavy atom. The van der Waals surface area contributed by atoms with Crippen LogP contribution in [-0.2, 0) is 19.0 Å². The maximum Gasteiger partial charge on any atom is 0.416 e. The predicted molar refractivity (Wildman–Crippen MR) is 91.9 cm³/mol. The van der Waals surface area contributed by atoms with Crippen LogP contribution in [0.15, 0.2) is 48.5 Å². The van der Waals surface area contributed by atoms with Crippen molar-refractivity contribution < 1.29 is 18.0 Å². The molecule has 2 aliphatic heterocycles. The molecule has 4 rings (SSSR count). The zero-order valence-corrected chi connectivity index (χ0v) is 14.1. The van der Waals surface area contributed by atoms with Crippen molar-refractivity contribution in [2.24, 2.45) is 0 Å². The maximum absolute atomic E-state index is 13.0. The van der Waals surface area contributed by atoms with Gasteiger partial charge in [-0.05, 0) is 36.1 Å². The molecule has 0 saturated carbocycles. The molecule has 3 nitrogen and oxygen atoms in total. The lowest BCUT2D eigenvalue weighted by Crippen LogP contribution is -2.62. The van der Waals surface area contributed by atoms with E-state index < -0.39 is 11.7 Å². The van der Waals surface area contributed by atoms with Crippen LogP contribution >= 0.6 is 0 Å². The Kier molecular flexibility index (Phi) is 4.23. The monoisotopic (exact) mass is 360 g/mol. The summed E-state index contributed by atoms with van der Waals surface area (Å²) in [6, 6.07) is 13.6. The van der Waals surface area contributed by atoms with E-state index >= 15 is 0 Å². The first-order valence-electron chi connectivity index (χ1n) is 8.72. The van der Waals surface area contributed by atoms with Gasteiger partial charge in [0.05, 0.1) is 11.6 Å². The van der Waals surface area contributed by atoms with Crippen LogP contribution in [0.3, 0.4) is 0 Å². The number of alkyl halides is 3. The third-order valence-corrected chi connectivity index (χ3v) is 5.28. The fourth-order valence-electron chi connectivity index (χ4n) is 3.98. The molecule has 2 aliphatic rings. The van der Waals surface area contributed by atoms with E-state index in [4.69, 9.17) is 0 Å². The topological polar surface area (TPSA) is 32.3 Å². The number of piperazine rings is 1. The van der Waals surface area contributed by atoms with Gasteiger partial charge in [0.1, 0.15) is 0 Å². The average molecular weight is 360 g/mol. The summed E-state index contributed by atoms with van der Waals surface area (Å²) in [7, 11) is 0. The zero-order chi connectivity index (χ0) is 18.3. The van der Waals surface area contributed by atoms with E-state index in [9.17, 15) is 18.0 Å². The van der Waals surface area contributed by atoms with Crippen LogP contribution in [0, 0.1) is 0 Å². The number of amides is 1.